The molecule has 3 saturated heterocycles. The molecule has 11 heteroatoms. The fraction of sp³-hybridized carbons (Fsp3) is 0.688. The Hall–Kier alpha value is -3.05. The fourth-order valence-electron chi connectivity index (χ4n) is 7.30. The molecule has 4 amide bonds. The van der Waals surface area contributed by atoms with Crippen molar-refractivity contribution >= 4 is 29.5 Å². The number of carbonyl (C=O) groups is 4. The molecule has 0 radical (unpaired) electrons. The number of hydrogen-bond donors (Lipinski definition) is 1. The summed E-state index contributed by atoms with van der Waals surface area (Å²) < 4.78 is 21.1. The van der Waals surface area contributed by atoms with Crippen molar-refractivity contribution in [2.24, 2.45) is 5.92 Å². The van der Waals surface area contributed by atoms with E-state index in [1.807, 2.05) is 31.7 Å². The van der Waals surface area contributed by atoms with Gasteiger partial charge in [0.25, 0.3) is 0 Å². The summed E-state index contributed by atoms with van der Waals surface area (Å²) in [6, 6.07) is 2.82. The molecule has 1 aliphatic carbocycles. The maximum absolute atomic E-state index is 15.6. The monoisotopic (exact) mass is 597 g/mol. The van der Waals surface area contributed by atoms with Gasteiger partial charge in [-0.05, 0) is 83.4 Å². The van der Waals surface area contributed by atoms with E-state index in [9.17, 15) is 19.2 Å². The first-order valence-electron chi connectivity index (χ1n) is 15.8. The summed E-state index contributed by atoms with van der Waals surface area (Å²) in [5.74, 6) is -0.811. The highest BCUT2D eigenvalue weighted by Crippen LogP contribution is 2.58. The third-order valence-corrected chi connectivity index (χ3v) is 9.84. The Balaban J connectivity index is 1.06. The number of likely N-dealkylation sites (tertiary alicyclic amines) is 1. The van der Waals surface area contributed by atoms with Crippen LogP contribution in [-0.2, 0) is 31.1 Å². The lowest BCUT2D eigenvalue weighted by atomic mass is 9.94. The standard InChI is InChI=1S/C32H44FN5O5/c1-20-17-35(13-14-37(20)18-21-7-11-36(12-8-21)30(42)43-31(2,3)4)19-22-15-23-26(16-24(22)33)38(29(41)32(23)9-10-32)25-5-6-27(39)34-28(25)40/h15-16,20-21,25H,5-14,17-19H2,1-4H3,(H,34,39,40)/t20-,25?/m0/s1. The van der Waals surface area contributed by atoms with Crippen LogP contribution >= 0.6 is 0 Å². The summed E-state index contributed by atoms with van der Waals surface area (Å²) in [5.41, 5.74) is 0.735. The highest BCUT2D eigenvalue weighted by molar-refractivity contribution is 6.15. The molecule has 0 bridgehead atoms. The van der Waals surface area contributed by atoms with Crippen LogP contribution in [0.4, 0.5) is 14.9 Å². The SMILES string of the molecule is C[C@H]1CN(Cc2cc3c(cc2F)N(C2CCC(=O)NC2=O)C(=O)C32CC2)CCN1CC1CCN(C(=O)OC(C)(C)C)CC1. The minimum Gasteiger partial charge on any atom is -0.444 e. The molecule has 1 aromatic rings. The Kier molecular flexibility index (Phi) is 7.77. The number of anilines is 1. The number of fused-ring (bicyclic) bond motifs is 2. The summed E-state index contributed by atoms with van der Waals surface area (Å²) in [5, 5.41) is 2.34. The predicted molar refractivity (Wildman–Crippen MR) is 158 cm³/mol. The van der Waals surface area contributed by atoms with E-state index in [0.29, 0.717) is 42.6 Å². The number of hydrogen-bond acceptors (Lipinski definition) is 7. The fourth-order valence-corrected chi connectivity index (χ4v) is 7.30. The van der Waals surface area contributed by atoms with Gasteiger partial charge in [0.15, 0.2) is 0 Å². The lowest BCUT2D eigenvalue weighted by Crippen LogP contribution is -2.54. The highest BCUT2D eigenvalue weighted by Gasteiger charge is 2.61. The summed E-state index contributed by atoms with van der Waals surface area (Å²) in [6.45, 7) is 13.3. The van der Waals surface area contributed by atoms with Crippen LogP contribution in [0.2, 0.25) is 0 Å². The third kappa shape index (κ3) is 5.90. The zero-order valence-electron chi connectivity index (χ0n) is 25.8. The molecule has 0 aromatic heterocycles. The van der Waals surface area contributed by atoms with Gasteiger partial charge in [0.2, 0.25) is 17.7 Å². The van der Waals surface area contributed by atoms with E-state index in [0.717, 1.165) is 57.7 Å². The number of carbonyl (C=O) groups excluding carboxylic acids is 4. The number of halogens is 1. The second kappa shape index (κ2) is 11.1. The smallest absolute Gasteiger partial charge is 0.410 e. The lowest BCUT2D eigenvalue weighted by Gasteiger charge is -2.42. The first-order valence-corrected chi connectivity index (χ1v) is 15.8. The van der Waals surface area contributed by atoms with Crippen molar-refractivity contribution in [3.05, 3.63) is 29.1 Å². The average molecular weight is 598 g/mol. The molecular weight excluding hydrogens is 553 g/mol. The van der Waals surface area contributed by atoms with Gasteiger partial charge < -0.3 is 9.64 Å². The molecular formula is C32H44FN5O5. The van der Waals surface area contributed by atoms with Crippen molar-refractivity contribution < 1.29 is 28.3 Å². The van der Waals surface area contributed by atoms with Gasteiger partial charge in [-0.25, -0.2) is 9.18 Å². The second-order valence-electron chi connectivity index (χ2n) is 14.2. The molecule has 234 valence electrons. The Bertz CT molecular complexity index is 1320. The van der Waals surface area contributed by atoms with Crippen LogP contribution < -0.4 is 10.2 Å². The molecule has 1 N–H and O–H groups in total. The minimum absolute atomic E-state index is 0.146. The number of nitrogens with one attached hydrogen (secondary N) is 1. The first-order chi connectivity index (χ1) is 20.3. The minimum atomic E-state index is -0.785. The maximum Gasteiger partial charge on any atom is 0.410 e. The number of rotatable bonds is 5. The lowest BCUT2D eigenvalue weighted by molar-refractivity contribution is -0.135. The zero-order chi connectivity index (χ0) is 30.7. The van der Waals surface area contributed by atoms with E-state index in [2.05, 4.69) is 22.0 Å². The van der Waals surface area contributed by atoms with Gasteiger partial charge >= 0.3 is 6.09 Å². The Labute approximate surface area is 252 Å². The summed E-state index contributed by atoms with van der Waals surface area (Å²) in [4.78, 5) is 58.3. The molecule has 6 rings (SSSR count). The molecule has 5 aliphatic rings. The number of nitrogens with zero attached hydrogens (tertiary/aromatic N) is 4. The molecule has 1 aromatic carbocycles. The molecule has 4 heterocycles. The summed E-state index contributed by atoms with van der Waals surface area (Å²) in [6.07, 6.45) is 3.50. The van der Waals surface area contributed by atoms with Gasteiger partial charge in [0.05, 0.1) is 11.1 Å². The second-order valence-corrected chi connectivity index (χ2v) is 14.2. The van der Waals surface area contributed by atoms with Crippen molar-refractivity contribution in [2.45, 2.75) is 95.9 Å². The van der Waals surface area contributed by atoms with Crippen LogP contribution in [0.3, 0.4) is 0 Å². The molecule has 2 atom stereocenters. The molecule has 10 nitrogen and oxygen atoms in total. The van der Waals surface area contributed by atoms with E-state index in [-0.39, 0.29) is 36.6 Å². The highest BCUT2D eigenvalue weighted by atomic mass is 19.1. The molecule has 4 fully saturated rings. The van der Waals surface area contributed by atoms with Crippen molar-refractivity contribution in [3.63, 3.8) is 0 Å². The van der Waals surface area contributed by atoms with Crippen molar-refractivity contribution in [1.29, 1.82) is 0 Å². The number of ether oxygens (including phenoxy) is 1. The first kappa shape index (κ1) is 30.0. The van der Waals surface area contributed by atoms with Gasteiger partial charge in [-0.3, -0.25) is 34.4 Å². The van der Waals surface area contributed by atoms with Crippen LogP contribution in [0.1, 0.15) is 77.3 Å². The van der Waals surface area contributed by atoms with Crippen LogP contribution in [0, 0.1) is 11.7 Å². The molecule has 1 spiro atoms. The molecule has 1 unspecified atom stereocenters. The quantitative estimate of drug-likeness (QED) is 0.521. The topological polar surface area (TPSA) is 102 Å². The Morgan fingerprint density at radius 3 is 2.42 bits per heavy atom. The van der Waals surface area contributed by atoms with E-state index < -0.39 is 23.0 Å². The van der Waals surface area contributed by atoms with E-state index in [1.165, 1.54) is 11.0 Å². The van der Waals surface area contributed by atoms with Crippen LogP contribution in [-0.4, -0.2) is 95.5 Å². The normalized spacial score (nSPS) is 26.6. The number of piperazine rings is 1. The maximum atomic E-state index is 15.6. The third-order valence-electron chi connectivity index (χ3n) is 9.84. The van der Waals surface area contributed by atoms with E-state index in [1.54, 1.807) is 0 Å². The van der Waals surface area contributed by atoms with E-state index in [4.69, 9.17) is 4.74 Å². The van der Waals surface area contributed by atoms with Gasteiger partial charge in [-0.1, -0.05) is 0 Å². The van der Waals surface area contributed by atoms with Crippen molar-refractivity contribution in [2.75, 3.05) is 44.2 Å². The molecule has 4 aliphatic heterocycles. The number of imide groups is 1. The predicted octanol–water partition coefficient (Wildman–Crippen LogP) is 3.16. The van der Waals surface area contributed by atoms with E-state index >= 15 is 4.39 Å². The van der Waals surface area contributed by atoms with Crippen LogP contribution in [0.25, 0.3) is 0 Å². The number of benzene rings is 1. The average Bonchev–Trinajstić information content (AvgIpc) is 3.70. The molecule has 1 saturated carbocycles. The van der Waals surface area contributed by atoms with Crippen LogP contribution in [0.15, 0.2) is 12.1 Å². The van der Waals surface area contributed by atoms with Gasteiger partial charge in [-0.15, -0.1) is 0 Å². The Morgan fingerprint density at radius 1 is 1.07 bits per heavy atom. The molecule has 43 heavy (non-hydrogen) atoms. The summed E-state index contributed by atoms with van der Waals surface area (Å²) in [7, 11) is 0. The Morgan fingerprint density at radius 2 is 1.79 bits per heavy atom. The largest absolute Gasteiger partial charge is 0.444 e. The van der Waals surface area contributed by atoms with Gasteiger partial charge in [0.1, 0.15) is 17.5 Å². The number of piperidine rings is 2. The number of amides is 4. The van der Waals surface area contributed by atoms with Gasteiger partial charge in [0, 0.05) is 63.8 Å². The van der Waals surface area contributed by atoms with Crippen molar-refractivity contribution in [3.8, 4) is 0 Å². The van der Waals surface area contributed by atoms with Gasteiger partial charge in [-0.2, -0.15) is 0 Å². The van der Waals surface area contributed by atoms with Crippen molar-refractivity contribution in [1.82, 2.24) is 20.0 Å². The summed E-state index contributed by atoms with van der Waals surface area (Å²) >= 11 is 0. The zero-order valence-corrected chi connectivity index (χ0v) is 25.8. The van der Waals surface area contributed by atoms with Crippen LogP contribution in [0.5, 0.6) is 0 Å².